The van der Waals surface area contributed by atoms with Gasteiger partial charge in [-0.2, -0.15) is 0 Å². The molecule has 1 amide bonds. The van der Waals surface area contributed by atoms with E-state index >= 15 is 0 Å². The fourth-order valence-electron chi connectivity index (χ4n) is 2.51. The molecule has 0 spiro atoms. The van der Waals surface area contributed by atoms with Crippen molar-refractivity contribution in [3.8, 4) is 0 Å². The number of amides is 1. The summed E-state index contributed by atoms with van der Waals surface area (Å²) in [6, 6.07) is 7.73. The molecule has 0 radical (unpaired) electrons. The van der Waals surface area contributed by atoms with Crippen LogP contribution in [0.1, 0.15) is 12.8 Å². The second-order valence-electron chi connectivity index (χ2n) is 5.55. The number of ether oxygens (including phenoxy) is 2. The van der Waals surface area contributed by atoms with Crippen molar-refractivity contribution < 1.29 is 27.8 Å². The lowest BCUT2D eigenvalue weighted by Gasteiger charge is -2.32. The number of benzene rings is 1. The molecule has 0 unspecified atom stereocenters. The molecule has 0 aliphatic carbocycles. The molecule has 134 valence electrons. The van der Waals surface area contributed by atoms with Crippen LogP contribution >= 0.6 is 0 Å². The Kier molecular flexibility index (Phi) is 7.16. The van der Waals surface area contributed by atoms with Crippen LogP contribution in [0.25, 0.3) is 0 Å². The average molecular weight is 357 g/mol. The van der Waals surface area contributed by atoms with Crippen molar-refractivity contribution in [3.63, 3.8) is 0 Å². The quantitative estimate of drug-likeness (QED) is 0.686. The number of nitrogens with one attached hydrogen (secondary N) is 1. The highest BCUT2D eigenvalue weighted by Crippen LogP contribution is 2.13. The summed E-state index contributed by atoms with van der Waals surface area (Å²) in [5.41, 5.74) is 0. The highest BCUT2D eigenvalue weighted by molar-refractivity contribution is 7.91. The molecule has 24 heavy (non-hydrogen) atoms. The van der Waals surface area contributed by atoms with E-state index in [0.717, 1.165) is 0 Å². The van der Waals surface area contributed by atoms with Crippen LogP contribution in [-0.4, -0.2) is 63.8 Å². The first-order valence-electron chi connectivity index (χ1n) is 7.90. The predicted molar refractivity (Wildman–Crippen MR) is 87.3 cm³/mol. The standard InChI is InChI=1S/C16H23NO6S/c18-8-10-23-15-6-9-22-12-14(15)17-16(19)7-11-24(20,21)13-4-2-1-3-5-13/h1-5,14-15,18H,6-12H2,(H,17,19)/t14-,15+/m0/s1. The van der Waals surface area contributed by atoms with Crippen molar-refractivity contribution in [2.75, 3.05) is 32.2 Å². The highest BCUT2D eigenvalue weighted by Gasteiger charge is 2.28. The molecule has 0 aromatic heterocycles. The Bertz CT molecular complexity index is 619. The van der Waals surface area contributed by atoms with Crippen molar-refractivity contribution in [1.29, 1.82) is 0 Å². The van der Waals surface area contributed by atoms with Crippen LogP contribution in [0, 0.1) is 0 Å². The molecule has 1 aliphatic rings. The van der Waals surface area contributed by atoms with Gasteiger partial charge < -0.3 is 19.9 Å². The van der Waals surface area contributed by atoms with Crippen LogP contribution in [0.2, 0.25) is 0 Å². The molecular weight excluding hydrogens is 334 g/mol. The number of sulfone groups is 1. The molecular formula is C16H23NO6S. The summed E-state index contributed by atoms with van der Waals surface area (Å²) in [5.74, 6) is -0.610. The average Bonchev–Trinajstić information content (AvgIpc) is 2.60. The van der Waals surface area contributed by atoms with Crippen LogP contribution in [-0.2, 0) is 24.1 Å². The molecule has 0 saturated carbocycles. The molecule has 1 saturated heterocycles. The molecule has 1 aromatic rings. The Morgan fingerprint density at radius 2 is 2.08 bits per heavy atom. The zero-order valence-corrected chi connectivity index (χ0v) is 14.2. The lowest BCUT2D eigenvalue weighted by molar-refractivity contribution is -0.126. The number of hydrogen-bond acceptors (Lipinski definition) is 6. The monoisotopic (exact) mass is 357 g/mol. The summed E-state index contributed by atoms with van der Waals surface area (Å²) in [6.07, 6.45) is 0.258. The van der Waals surface area contributed by atoms with Crippen molar-refractivity contribution in [2.45, 2.75) is 29.9 Å². The third kappa shape index (κ3) is 5.55. The van der Waals surface area contributed by atoms with Gasteiger partial charge in [-0.15, -0.1) is 0 Å². The number of carbonyl (C=O) groups is 1. The summed E-state index contributed by atoms with van der Waals surface area (Å²) in [5, 5.41) is 11.6. The van der Waals surface area contributed by atoms with Crippen LogP contribution in [0.15, 0.2) is 35.2 Å². The molecule has 2 atom stereocenters. The Balaban J connectivity index is 1.86. The fraction of sp³-hybridized carbons (Fsp3) is 0.562. The van der Waals surface area contributed by atoms with Crippen LogP contribution < -0.4 is 5.32 Å². The Morgan fingerprint density at radius 3 is 2.79 bits per heavy atom. The van der Waals surface area contributed by atoms with Gasteiger partial charge in [0.15, 0.2) is 9.84 Å². The van der Waals surface area contributed by atoms with Gasteiger partial charge in [0.2, 0.25) is 5.91 Å². The molecule has 1 aromatic carbocycles. The second kappa shape index (κ2) is 9.12. The van der Waals surface area contributed by atoms with Crippen LogP contribution in [0.5, 0.6) is 0 Å². The number of aliphatic hydroxyl groups is 1. The summed E-state index contributed by atoms with van der Waals surface area (Å²) in [6.45, 7) is 0.949. The van der Waals surface area contributed by atoms with E-state index in [-0.39, 0.29) is 48.3 Å². The SMILES string of the molecule is O=C(CCS(=O)(=O)c1ccccc1)N[C@H]1COCC[C@H]1OCCO. The van der Waals surface area contributed by atoms with Gasteiger partial charge in [-0.05, 0) is 18.6 Å². The molecule has 1 fully saturated rings. The number of rotatable bonds is 8. The minimum Gasteiger partial charge on any atom is -0.394 e. The summed E-state index contributed by atoms with van der Waals surface area (Å²) >= 11 is 0. The first-order valence-corrected chi connectivity index (χ1v) is 9.55. The van der Waals surface area contributed by atoms with Gasteiger partial charge in [-0.1, -0.05) is 18.2 Å². The van der Waals surface area contributed by atoms with E-state index in [2.05, 4.69) is 5.32 Å². The summed E-state index contributed by atoms with van der Waals surface area (Å²) < 4.78 is 35.2. The highest BCUT2D eigenvalue weighted by atomic mass is 32.2. The van der Waals surface area contributed by atoms with E-state index in [1.807, 2.05) is 0 Å². The molecule has 2 rings (SSSR count). The van der Waals surface area contributed by atoms with Gasteiger partial charge in [0, 0.05) is 13.0 Å². The van der Waals surface area contributed by atoms with Crippen LogP contribution in [0.4, 0.5) is 0 Å². The van der Waals surface area contributed by atoms with Gasteiger partial charge in [-0.3, -0.25) is 4.79 Å². The number of hydrogen-bond donors (Lipinski definition) is 2. The van der Waals surface area contributed by atoms with Crippen molar-refractivity contribution in [2.24, 2.45) is 0 Å². The zero-order chi connectivity index (χ0) is 17.4. The third-order valence-corrected chi connectivity index (χ3v) is 5.49. The minimum absolute atomic E-state index is 0.0899. The van der Waals surface area contributed by atoms with Gasteiger partial charge in [0.1, 0.15) is 0 Å². The van der Waals surface area contributed by atoms with E-state index in [4.69, 9.17) is 14.6 Å². The second-order valence-corrected chi connectivity index (χ2v) is 7.66. The first kappa shape index (κ1) is 18.9. The third-order valence-electron chi connectivity index (χ3n) is 3.76. The largest absolute Gasteiger partial charge is 0.394 e. The van der Waals surface area contributed by atoms with E-state index in [1.54, 1.807) is 18.2 Å². The maximum absolute atomic E-state index is 12.2. The van der Waals surface area contributed by atoms with Crippen molar-refractivity contribution >= 4 is 15.7 Å². The van der Waals surface area contributed by atoms with E-state index in [9.17, 15) is 13.2 Å². The predicted octanol–water partition coefficient (Wildman–Crippen LogP) is 0.133. The molecule has 7 nitrogen and oxygen atoms in total. The molecule has 0 bridgehead atoms. The first-order chi connectivity index (χ1) is 11.5. The van der Waals surface area contributed by atoms with Gasteiger partial charge in [0.25, 0.3) is 0 Å². The zero-order valence-electron chi connectivity index (χ0n) is 13.4. The summed E-state index contributed by atoms with van der Waals surface area (Å²) in [4.78, 5) is 12.3. The number of aliphatic hydroxyl groups excluding tert-OH is 1. The van der Waals surface area contributed by atoms with E-state index < -0.39 is 9.84 Å². The molecule has 8 heteroatoms. The number of carbonyl (C=O) groups excluding carboxylic acids is 1. The van der Waals surface area contributed by atoms with Crippen molar-refractivity contribution in [3.05, 3.63) is 30.3 Å². The smallest absolute Gasteiger partial charge is 0.221 e. The van der Waals surface area contributed by atoms with Gasteiger partial charge in [-0.25, -0.2) is 8.42 Å². The van der Waals surface area contributed by atoms with Crippen molar-refractivity contribution in [1.82, 2.24) is 5.32 Å². The van der Waals surface area contributed by atoms with Crippen LogP contribution in [0.3, 0.4) is 0 Å². The lowest BCUT2D eigenvalue weighted by atomic mass is 10.1. The maximum Gasteiger partial charge on any atom is 0.221 e. The molecule has 1 heterocycles. The Hall–Kier alpha value is -1.48. The fourth-order valence-corrected chi connectivity index (χ4v) is 3.77. The Morgan fingerprint density at radius 1 is 1.33 bits per heavy atom. The van der Waals surface area contributed by atoms with Gasteiger partial charge in [0.05, 0.1) is 42.6 Å². The Labute approximate surface area is 141 Å². The molecule has 2 N–H and O–H groups in total. The lowest BCUT2D eigenvalue weighted by Crippen LogP contribution is -2.51. The van der Waals surface area contributed by atoms with Gasteiger partial charge >= 0.3 is 0 Å². The minimum atomic E-state index is -3.48. The van der Waals surface area contributed by atoms with E-state index in [1.165, 1.54) is 12.1 Å². The topological polar surface area (TPSA) is 102 Å². The van der Waals surface area contributed by atoms with E-state index in [0.29, 0.717) is 19.6 Å². The molecule has 1 aliphatic heterocycles. The maximum atomic E-state index is 12.2. The normalized spacial score (nSPS) is 21.4. The summed E-state index contributed by atoms with van der Waals surface area (Å²) in [7, 11) is -3.48.